The molecule has 0 aliphatic rings. The summed E-state index contributed by atoms with van der Waals surface area (Å²) in [4.78, 5) is 0. The zero-order valence-electron chi connectivity index (χ0n) is 5.13. The summed E-state index contributed by atoms with van der Waals surface area (Å²) in [5.74, 6) is -0.311. The third-order valence-corrected chi connectivity index (χ3v) is 0.973. The molecule has 0 saturated carbocycles. The molecule has 0 atom stereocenters. The van der Waals surface area contributed by atoms with Gasteiger partial charge in [0.2, 0.25) is 0 Å². The molecule has 0 amide bonds. The molecule has 0 unspecified atom stereocenters. The van der Waals surface area contributed by atoms with Gasteiger partial charge in [-0.25, -0.2) is 4.39 Å². The fraction of sp³-hybridized carbons (Fsp3) is 0. The summed E-state index contributed by atoms with van der Waals surface area (Å²) in [6, 6.07) is 7.29. The fourth-order valence-corrected chi connectivity index (χ4v) is 0.524. The van der Waals surface area contributed by atoms with Gasteiger partial charge in [-0.3, -0.25) is 0 Å². The van der Waals surface area contributed by atoms with Gasteiger partial charge < -0.3 is 0 Å². The molecule has 0 saturated heterocycles. The normalized spacial score (nSPS) is 7.60. The summed E-state index contributed by atoms with van der Waals surface area (Å²) in [5, 5.41) is 8.26. The molecule has 0 aliphatic heterocycles. The summed E-state index contributed by atoms with van der Waals surface area (Å²) < 4.78 is 12.1. The van der Waals surface area contributed by atoms with E-state index in [0.29, 0.717) is 5.56 Å². The van der Waals surface area contributed by atoms with Gasteiger partial charge in [-0.15, -0.1) is 0 Å². The van der Waals surface area contributed by atoms with Crippen LogP contribution in [-0.4, -0.2) is 0 Å². The predicted molar refractivity (Wildman–Crippen MR) is 31.1 cm³/mol. The Balaban J connectivity index is 0.000000810. The quantitative estimate of drug-likeness (QED) is 0.542. The molecule has 0 radical (unpaired) electrons. The van der Waals surface area contributed by atoms with Crippen molar-refractivity contribution in [3.05, 3.63) is 35.6 Å². The Morgan fingerprint density at radius 2 is 1.70 bits per heavy atom. The number of hydrogen-bond acceptors (Lipinski definition) is 1. The molecule has 1 nitrogen and oxygen atoms in total. The standard InChI is InChI=1S/C7H4FN.Ti/c8-7-3-1-6(5-9)2-4-7;/h1-4H;. The minimum Gasteiger partial charge on any atom is -0.207 e. The van der Waals surface area contributed by atoms with E-state index in [2.05, 4.69) is 0 Å². The van der Waals surface area contributed by atoms with Crippen LogP contribution in [0, 0.1) is 17.1 Å². The minimum atomic E-state index is -0.311. The molecule has 1 rings (SSSR count). The van der Waals surface area contributed by atoms with Crippen molar-refractivity contribution in [1.82, 2.24) is 0 Å². The van der Waals surface area contributed by atoms with Gasteiger partial charge in [0.25, 0.3) is 0 Å². The average molecular weight is 169 g/mol. The zero-order valence-corrected chi connectivity index (χ0v) is 6.70. The van der Waals surface area contributed by atoms with E-state index in [0.717, 1.165) is 0 Å². The maximum atomic E-state index is 12.1. The molecule has 3 heteroatoms. The number of nitriles is 1. The zero-order chi connectivity index (χ0) is 6.69. The molecule has 0 heterocycles. The topological polar surface area (TPSA) is 23.8 Å². The van der Waals surface area contributed by atoms with Crippen LogP contribution in [0.4, 0.5) is 4.39 Å². The molecule has 48 valence electrons. The van der Waals surface area contributed by atoms with Crippen LogP contribution >= 0.6 is 0 Å². The molecule has 1 aromatic rings. The molecular formula is C7H4FNTi. The molecule has 0 aromatic heterocycles. The van der Waals surface area contributed by atoms with Gasteiger partial charge in [0.1, 0.15) is 5.82 Å². The Hall–Kier alpha value is -0.646. The molecular weight excluding hydrogens is 165 g/mol. The summed E-state index contributed by atoms with van der Waals surface area (Å²) in [7, 11) is 0. The van der Waals surface area contributed by atoms with Crippen LogP contribution < -0.4 is 0 Å². The van der Waals surface area contributed by atoms with Gasteiger partial charge in [0, 0.05) is 21.7 Å². The Kier molecular flexibility index (Phi) is 3.94. The van der Waals surface area contributed by atoms with E-state index in [-0.39, 0.29) is 27.5 Å². The van der Waals surface area contributed by atoms with Crippen molar-refractivity contribution >= 4 is 0 Å². The Morgan fingerprint density at radius 1 is 1.20 bits per heavy atom. The Bertz CT molecular complexity index is 237. The first kappa shape index (κ1) is 9.35. The van der Waals surface area contributed by atoms with E-state index in [1.165, 1.54) is 24.3 Å². The molecule has 0 spiro atoms. The second-order valence-electron chi connectivity index (χ2n) is 1.62. The van der Waals surface area contributed by atoms with E-state index in [1.807, 2.05) is 6.07 Å². The van der Waals surface area contributed by atoms with Crippen molar-refractivity contribution in [2.75, 3.05) is 0 Å². The van der Waals surface area contributed by atoms with Gasteiger partial charge in [-0.1, -0.05) is 0 Å². The smallest absolute Gasteiger partial charge is 0.123 e. The summed E-state index contributed by atoms with van der Waals surface area (Å²) in [6.07, 6.45) is 0. The molecule has 1 aromatic carbocycles. The second kappa shape index (κ2) is 4.21. The average Bonchev–Trinajstić information content (AvgIpc) is 1.90. The number of benzene rings is 1. The van der Waals surface area contributed by atoms with E-state index in [4.69, 9.17) is 5.26 Å². The first-order valence-electron chi connectivity index (χ1n) is 2.48. The van der Waals surface area contributed by atoms with Crippen LogP contribution in [0.5, 0.6) is 0 Å². The van der Waals surface area contributed by atoms with Gasteiger partial charge in [-0.2, -0.15) is 5.26 Å². The van der Waals surface area contributed by atoms with Gasteiger partial charge in [-0.05, 0) is 24.3 Å². The van der Waals surface area contributed by atoms with E-state index in [9.17, 15) is 4.39 Å². The monoisotopic (exact) mass is 169 g/mol. The van der Waals surface area contributed by atoms with Crippen LogP contribution in [0.2, 0.25) is 0 Å². The van der Waals surface area contributed by atoms with Crippen LogP contribution in [0.15, 0.2) is 24.3 Å². The minimum absolute atomic E-state index is 0. The van der Waals surface area contributed by atoms with Crippen LogP contribution in [0.3, 0.4) is 0 Å². The first-order chi connectivity index (χ1) is 4.33. The Labute approximate surface area is 73.4 Å². The van der Waals surface area contributed by atoms with Gasteiger partial charge in [0.15, 0.2) is 0 Å². The number of hydrogen-bond donors (Lipinski definition) is 0. The third-order valence-electron chi connectivity index (χ3n) is 0.973. The van der Waals surface area contributed by atoms with Gasteiger partial charge >= 0.3 is 0 Å². The Morgan fingerprint density at radius 3 is 2.10 bits per heavy atom. The van der Waals surface area contributed by atoms with E-state index < -0.39 is 0 Å². The van der Waals surface area contributed by atoms with Crippen molar-refractivity contribution in [1.29, 1.82) is 5.26 Å². The van der Waals surface area contributed by atoms with E-state index in [1.54, 1.807) is 0 Å². The van der Waals surface area contributed by atoms with Crippen molar-refractivity contribution in [2.24, 2.45) is 0 Å². The summed E-state index contributed by atoms with van der Waals surface area (Å²) in [5.41, 5.74) is 0.483. The SMILES string of the molecule is N#Cc1ccc(F)cc1.[Ti]. The number of halogens is 1. The molecule has 10 heavy (non-hydrogen) atoms. The van der Waals surface area contributed by atoms with Crippen molar-refractivity contribution < 1.29 is 26.1 Å². The molecule has 0 bridgehead atoms. The third kappa shape index (κ3) is 2.30. The second-order valence-corrected chi connectivity index (χ2v) is 1.62. The van der Waals surface area contributed by atoms with Gasteiger partial charge in [0.05, 0.1) is 11.6 Å². The largest absolute Gasteiger partial charge is 0.207 e. The van der Waals surface area contributed by atoms with E-state index >= 15 is 0 Å². The summed E-state index contributed by atoms with van der Waals surface area (Å²) in [6.45, 7) is 0. The fourth-order valence-electron chi connectivity index (χ4n) is 0.524. The van der Waals surface area contributed by atoms with Crippen LogP contribution in [-0.2, 0) is 21.7 Å². The maximum Gasteiger partial charge on any atom is 0.123 e. The number of nitrogens with zero attached hydrogens (tertiary/aromatic N) is 1. The van der Waals surface area contributed by atoms with Crippen LogP contribution in [0.1, 0.15) is 5.56 Å². The first-order valence-corrected chi connectivity index (χ1v) is 2.48. The molecule has 0 N–H and O–H groups in total. The van der Waals surface area contributed by atoms with Crippen LogP contribution in [0.25, 0.3) is 0 Å². The predicted octanol–water partition coefficient (Wildman–Crippen LogP) is 1.69. The van der Waals surface area contributed by atoms with Crippen molar-refractivity contribution in [3.63, 3.8) is 0 Å². The van der Waals surface area contributed by atoms with Crippen molar-refractivity contribution in [3.8, 4) is 6.07 Å². The molecule has 0 fully saturated rings. The van der Waals surface area contributed by atoms with Crippen molar-refractivity contribution in [2.45, 2.75) is 0 Å². The maximum absolute atomic E-state index is 12.1. The molecule has 0 aliphatic carbocycles. The summed E-state index contributed by atoms with van der Waals surface area (Å²) >= 11 is 0. The number of rotatable bonds is 0.